The molecule has 2 aromatic rings. The number of alkyl halides is 3. The van der Waals surface area contributed by atoms with Crippen molar-refractivity contribution in [3.63, 3.8) is 0 Å². The number of nitrogens with zero attached hydrogens (tertiary/aromatic N) is 3. The minimum Gasteiger partial charge on any atom is -0.491 e. The van der Waals surface area contributed by atoms with E-state index in [1.54, 1.807) is 29.7 Å². The first kappa shape index (κ1) is 20.2. The molecule has 0 spiro atoms. The van der Waals surface area contributed by atoms with Crippen LogP contribution in [0.5, 0.6) is 5.75 Å². The normalized spacial score (nSPS) is 19.3. The Kier molecular flexibility index (Phi) is 4.92. The van der Waals surface area contributed by atoms with Crippen LogP contribution in [0.15, 0.2) is 24.4 Å². The highest BCUT2D eigenvalue weighted by Crippen LogP contribution is 2.39. The van der Waals surface area contributed by atoms with E-state index < -0.39 is 36.1 Å². The van der Waals surface area contributed by atoms with Gasteiger partial charge in [0.25, 0.3) is 0 Å². The van der Waals surface area contributed by atoms with E-state index in [0.29, 0.717) is 29.4 Å². The molecule has 2 atom stereocenters. The molecule has 3 N–H and O–H groups in total. The maximum Gasteiger partial charge on any atom is 0.416 e. The second-order valence-electron chi connectivity index (χ2n) is 6.95. The zero-order valence-electron chi connectivity index (χ0n) is 15.8. The highest BCUT2D eigenvalue weighted by atomic mass is 35.5. The van der Waals surface area contributed by atoms with Gasteiger partial charge in [-0.2, -0.15) is 8.78 Å². The maximum atomic E-state index is 13.7. The van der Waals surface area contributed by atoms with Crippen LogP contribution >= 0.6 is 11.6 Å². The molecule has 0 saturated carbocycles. The zero-order chi connectivity index (χ0) is 21.6. The van der Waals surface area contributed by atoms with Crippen LogP contribution in [0.3, 0.4) is 0 Å². The Morgan fingerprint density at radius 1 is 1.43 bits per heavy atom. The molecule has 2 aliphatic rings. The van der Waals surface area contributed by atoms with E-state index in [1.165, 1.54) is 6.20 Å². The minimum absolute atomic E-state index is 0.00947. The topological polar surface area (TPSA) is 112 Å². The fourth-order valence-corrected chi connectivity index (χ4v) is 3.47. The molecule has 0 bridgehead atoms. The fourth-order valence-electron chi connectivity index (χ4n) is 3.31. The van der Waals surface area contributed by atoms with Crippen molar-refractivity contribution in [2.45, 2.75) is 30.9 Å². The molecule has 1 fully saturated rings. The number of hydrogen-bond donors (Lipinski definition) is 2. The number of benzene rings is 1. The average Bonchev–Trinajstić information content (AvgIpc) is 3.21. The summed E-state index contributed by atoms with van der Waals surface area (Å²) < 4.78 is 39.7. The molecule has 1 aromatic carbocycles. The van der Waals surface area contributed by atoms with Crippen molar-refractivity contribution in [1.29, 1.82) is 0 Å². The van der Waals surface area contributed by atoms with Crippen LogP contribution in [-0.2, 0) is 16.1 Å². The summed E-state index contributed by atoms with van der Waals surface area (Å²) in [5.74, 6) is 0.420. The quantitative estimate of drug-likeness (QED) is 0.689. The molecule has 1 saturated heterocycles. The van der Waals surface area contributed by atoms with E-state index in [1.807, 2.05) is 0 Å². The van der Waals surface area contributed by atoms with Crippen LogP contribution in [0.4, 0.5) is 25.1 Å². The SMILES string of the molecule is C[C@H](Nc1ccc2c(c1)OCCn1cc(N3C(=O)OC[C@H]3C(F)(F)Cl)nc1-2)C(N)=O. The first-order valence-corrected chi connectivity index (χ1v) is 9.46. The van der Waals surface area contributed by atoms with Gasteiger partial charge in [-0.25, -0.2) is 14.7 Å². The number of nitrogens with two attached hydrogens (primary N) is 1. The molecule has 2 aliphatic heterocycles. The highest BCUT2D eigenvalue weighted by molar-refractivity contribution is 6.22. The van der Waals surface area contributed by atoms with Gasteiger partial charge in [0.2, 0.25) is 5.91 Å². The van der Waals surface area contributed by atoms with Crippen molar-refractivity contribution in [1.82, 2.24) is 9.55 Å². The number of ether oxygens (including phenoxy) is 2. The van der Waals surface area contributed by atoms with Crippen molar-refractivity contribution in [2.24, 2.45) is 5.73 Å². The van der Waals surface area contributed by atoms with Gasteiger partial charge >= 0.3 is 11.5 Å². The van der Waals surface area contributed by atoms with Gasteiger partial charge in [-0.15, -0.1) is 0 Å². The summed E-state index contributed by atoms with van der Waals surface area (Å²) in [6.45, 7) is 1.75. The Morgan fingerprint density at radius 2 is 2.20 bits per heavy atom. The Bertz CT molecular complexity index is 1010. The number of fused-ring (bicyclic) bond motifs is 3. The summed E-state index contributed by atoms with van der Waals surface area (Å²) in [6.07, 6.45) is 0.544. The Morgan fingerprint density at radius 3 is 2.90 bits per heavy atom. The third-order valence-electron chi connectivity index (χ3n) is 4.88. The monoisotopic (exact) mass is 441 g/mol. The standard InChI is InChI=1S/C18H18ClF2N5O4/c1-9(15(22)27)23-10-2-3-11-12(6-10)29-5-4-25-7-14(24-16(11)25)26-13(18(19,20)21)8-30-17(26)28/h2-3,6-7,9,13,23H,4-5,8H2,1H3,(H2,22,27)/t9-,13-/m0/s1. The average molecular weight is 442 g/mol. The van der Waals surface area contributed by atoms with Gasteiger partial charge in [-0.1, -0.05) is 0 Å². The molecule has 0 radical (unpaired) electrons. The van der Waals surface area contributed by atoms with Gasteiger partial charge in [0.15, 0.2) is 11.9 Å². The predicted molar refractivity (Wildman–Crippen MR) is 104 cm³/mol. The molecule has 2 amide bonds. The molecule has 30 heavy (non-hydrogen) atoms. The number of nitrogens with one attached hydrogen (secondary N) is 1. The third kappa shape index (κ3) is 3.60. The van der Waals surface area contributed by atoms with E-state index in [4.69, 9.17) is 26.8 Å². The largest absolute Gasteiger partial charge is 0.491 e. The van der Waals surface area contributed by atoms with Gasteiger partial charge in [0.1, 0.15) is 30.8 Å². The third-order valence-corrected chi connectivity index (χ3v) is 5.14. The predicted octanol–water partition coefficient (Wildman–Crippen LogP) is 2.38. The van der Waals surface area contributed by atoms with Gasteiger partial charge in [-0.3, -0.25) is 4.79 Å². The molecule has 1 aromatic heterocycles. The molecule has 9 nitrogen and oxygen atoms in total. The lowest BCUT2D eigenvalue weighted by atomic mass is 10.1. The van der Waals surface area contributed by atoms with E-state index >= 15 is 0 Å². The van der Waals surface area contributed by atoms with Crippen molar-refractivity contribution in [3.8, 4) is 17.1 Å². The number of rotatable bonds is 5. The van der Waals surface area contributed by atoms with Crippen LogP contribution in [0.25, 0.3) is 11.4 Å². The second-order valence-corrected chi connectivity index (χ2v) is 7.45. The lowest BCUT2D eigenvalue weighted by Crippen LogP contribution is -2.44. The lowest BCUT2D eigenvalue weighted by molar-refractivity contribution is -0.118. The van der Waals surface area contributed by atoms with Crippen molar-refractivity contribution in [2.75, 3.05) is 23.4 Å². The van der Waals surface area contributed by atoms with Crippen molar-refractivity contribution < 1.29 is 27.8 Å². The fraction of sp³-hybridized carbons (Fsp3) is 0.389. The number of primary amides is 1. The van der Waals surface area contributed by atoms with Gasteiger partial charge < -0.3 is 25.1 Å². The summed E-state index contributed by atoms with van der Waals surface area (Å²) in [4.78, 5) is 28.5. The van der Waals surface area contributed by atoms with E-state index in [-0.39, 0.29) is 12.4 Å². The van der Waals surface area contributed by atoms with Crippen LogP contribution in [0.2, 0.25) is 0 Å². The number of carbonyl (C=O) groups excluding carboxylic acids is 2. The lowest BCUT2D eigenvalue weighted by Gasteiger charge is -2.22. The van der Waals surface area contributed by atoms with Crippen LogP contribution in [0, 0.1) is 0 Å². The molecular weight excluding hydrogens is 424 g/mol. The molecular formula is C18H18ClF2N5O4. The molecule has 3 heterocycles. The summed E-state index contributed by atoms with van der Waals surface area (Å²) in [7, 11) is 0. The maximum absolute atomic E-state index is 13.7. The van der Waals surface area contributed by atoms with Gasteiger partial charge in [0.05, 0.1) is 12.1 Å². The first-order chi connectivity index (χ1) is 14.1. The van der Waals surface area contributed by atoms with E-state index in [9.17, 15) is 18.4 Å². The number of hydrogen-bond acceptors (Lipinski definition) is 6. The molecule has 12 heteroatoms. The van der Waals surface area contributed by atoms with Gasteiger partial charge in [0, 0.05) is 18.0 Å². The number of anilines is 2. The molecule has 0 unspecified atom stereocenters. The summed E-state index contributed by atoms with van der Waals surface area (Å²) >= 11 is 5.16. The molecule has 0 aliphatic carbocycles. The van der Waals surface area contributed by atoms with Crippen LogP contribution < -0.4 is 20.7 Å². The highest BCUT2D eigenvalue weighted by Gasteiger charge is 2.50. The summed E-state index contributed by atoms with van der Waals surface area (Å²) in [5.41, 5.74) is 6.49. The Balaban J connectivity index is 1.69. The number of aromatic nitrogens is 2. The van der Waals surface area contributed by atoms with Crippen molar-refractivity contribution in [3.05, 3.63) is 24.4 Å². The van der Waals surface area contributed by atoms with Crippen LogP contribution in [-0.4, -0.2) is 52.2 Å². The summed E-state index contributed by atoms with van der Waals surface area (Å²) in [5, 5.41) is -0.710. The van der Waals surface area contributed by atoms with Gasteiger partial charge in [-0.05, 0) is 30.7 Å². The number of halogens is 3. The van der Waals surface area contributed by atoms with Crippen LogP contribution in [0.1, 0.15) is 6.92 Å². The van der Waals surface area contributed by atoms with E-state index in [0.717, 1.165) is 4.90 Å². The number of imidazole rings is 1. The number of cyclic esters (lactones) is 1. The second kappa shape index (κ2) is 7.31. The zero-order valence-corrected chi connectivity index (χ0v) is 16.5. The van der Waals surface area contributed by atoms with Crippen molar-refractivity contribution >= 4 is 35.1 Å². The number of carbonyl (C=O) groups is 2. The Hall–Kier alpha value is -3.08. The number of amides is 2. The molecule has 160 valence electrons. The smallest absolute Gasteiger partial charge is 0.416 e. The molecule has 4 rings (SSSR count). The summed E-state index contributed by atoms with van der Waals surface area (Å²) in [6, 6.07) is 2.88. The van der Waals surface area contributed by atoms with E-state index in [2.05, 4.69) is 10.3 Å². The minimum atomic E-state index is -3.67. The Labute approximate surface area is 174 Å². The first-order valence-electron chi connectivity index (χ1n) is 9.08.